The van der Waals surface area contributed by atoms with Gasteiger partial charge in [-0.05, 0) is 70.3 Å². The maximum atomic E-state index is 12.6. The molecule has 38 heavy (non-hydrogen) atoms. The lowest BCUT2D eigenvalue weighted by atomic mass is 9.83. The summed E-state index contributed by atoms with van der Waals surface area (Å²) in [7, 11) is 0. The molecule has 2 aliphatic carbocycles. The van der Waals surface area contributed by atoms with Gasteiger partial charge in [0.2, 0.25) is 5.91 Å². The minimum atomic E-state index is -0.201. The number of aliphatic hydroxyl groups excluding tert-OH is 1. The molecule has 1 aromatic heterocycles. The number of aliphatic hydroxyl groups is 1. The summed E-state index contributed by atoms with van der Waals surface area (Å²) in [6, 6.07) is 2.55. The van der Waals surface area contributed by atoms with Crippen molar-refractivity contribution in [3.05, 3.63) is 17.6 Å². The first kappa shape index (κ1) is 29.3. The van der Waals surface area contributed by atoms with Crippen LogP contribution in [0.1, 0.15) is 111 Å². The van der Waals surface area contributed by atoms with E-state index in [2.05, 4.69) is 62.7 Å². The van der Waals surface area contributed by atoms with Crippen LogP contribution >= 0.6 is 0 Å². The molecule has 0 atom stereocenters. The van der Waals surface area contributed by atoms with Crippen LogP contribution in [-0.4, -0.2) is 70.8 Å². The van der Waals surface area contributed by atoms with Gasteiger partial charge in [0.15, 0.2) is 0 Å². The number of carbonyl (C=O) groups excluding carboxylic acids is 1. The van der Waals surface area contributed by atoms with Crippen molar-refractivity contribution in [3.8, 4) is 0 Å². The van der Waals surface area contributed by atoms with E-state index in [0.717, 1.165) is 88.0 Å². The quantitative estimate of drug-likeness (QED) is 0.553. The zero-order valence-electron chi connectivity index (χ0n) is 24.9. The van der Waals surface area contributed by atoms with Crippen molar-refractivity contribution in [3.63, 3.8) is 0 Å². The zero-order valence-corrected chi connectivity index (χ0v) is 24.9. The molecule has 2 heterocycles. The van der Waals surface area contributed by atoms with Crippen LogP contribution < -0.4 is 10.2 Å². The number of hydrogen-bond donors (Lipinski definition) is 2. The molecule has 1 saturated heterocycles. The highest BCUT2D eigenvalue weighted by Crippen LogP contribution is 2.31. The van der Waals surface area contributed by atoms with Gasteiger partial charge in [-0.3, -0.25) is 9.69 Å². The third kappa shape index (κ3) is 7.91. The van der Waals surface area contributed by atoms with Crippen molar-refractivity contribution in [1.29, 1.82) is 0 Å². The average molecular weight is 528 g/mol. The molecule has 0 spiro atoms. The van der Waals surface area contributed by atoms with Crippen molar-refractivity contribution in [1.82, 2.24) is 20.2 Å². The van der Waals surface area contributed by atoms with Gasteiger partial charge in [0.05, 0.1) is 11.8 Å². The van der Waals surface area contributed by atoms with Gasteiger partial charge in [-0.2, -0.15) is 0 Å². The largest absolute Gasteiger partial charge is 0.393 e. The number of nitrogens with zero attached hydrogens (tertiary/aromatic N) is 4. The summed E-state index contributed by atoms with van der Waals surface area (Å²) < 4.78 is 0. The van der Waals surface area contributed by atoms with Gasteiger partial charge in [0, 0.05) is 55.0 Å². The Kier molecular flexibility index (Phi) is 9.39. The van der Waals surface area contributed by atoms with E-state index in [0.29, 0.717) is 6.04 Å². The molecule has 7 heteroatoms. The first-order chi connectivity index (χ1) is 17.9. The van der Waals surface area contributed by atoms with Crippen LogP contribution in [0.2, 0.25) is 0 Å². The standard InChI is InChI=1S/C31H53N5O2/c1-30(2,3)26-21-27(34-29(33-26)31(4,5)6)36-19-17-35(18-20-36)16-15-22-7-11-24(12-8-22)32-28(38)23-9-13-25(37)14-10-23/h21-25,37H,7-20H2,1-6H3,(H,32,38)/t22-,23-,24+,25-. The summed E-state index contributed by atoms with van der Waals surface area (Å²) in [6.45, 7) is 18.6. The molecule has 2 N–H and O–H groups in total. The van der Waals surface area contributed by atoms with Crippen LogP contribution in [0.4, 0.5) is 5.82 Å². The Labute approximate surface area is 231 Å². The van der Waals surface area contributed by atoms with E-state index in [1.165, 1.54) is 25.8 Å². The highest BCUT2D eigenvalue weighted by molar-refractivity contribution is 5.79. The van der Waals surface area contributed by atoms with E-state index >= 15 is 0 Å². The van der Waals surface area contributed by atoms with E-state index < -0.39 is 0 Å². The summed E-state index contributed by atoms with van der Waals surface area (Å²) in [4.78, 5) is 27.6. The smallest absolute Gasteiger partial charge is 0.223 e. The molecule has 0 bridgehead atoms. The average Bonchev–Trinajstić information content (AvgIpc) is 2.87. The van der Waals surface area contributed by atoms with Crippen LogP contribution in [0.25, 0.3) is 0 Å². The topological polar surface area (TPSA) is 81.6 Å². The fourth-order valence-electron chi connectivity index (χ4n) is 6.13. The van der Waals surface area contributed by atoms with Gasteiger partial charge < -0.3 is 15.3 Å². The molecule has 3 fully saturated rings. The number of carbonyl (C=O) groups is 1. The minimum absolute atomic E-state index is 0.000754. The lowest BCUT2D eigenvalue weighted by Gasteiger charge is -2.37. The highest BCUT2D eigenvalue weighted by atomic mass is 16.3. The molecule has 4 rings (SSSR count). The molecule has 214 valence electrons. The molecular weight excluding hydrogens is 474 g/mol. The normalized spacial score (nSPS) is 27.8. The van der Waals surface area contributed by atoms with Crippen LogP contribution in [0, 0.1) is 11.8 Å². The Morgan fingerprint density at radius 2 is 1.53 bits per heavy atom. The maximum absolute atomic E-state index is 12.6. The Hall–Kier alpha value is -1.73. The van der Waals surface area contributed by atoms with Crippen molar-refractivity contribution in [2.75, 3.05) is 37.6 Å². The molecule has 0 radical (unpaired) electrons. The third-order valence-electron chi connectivity index (χ3n) is 8.96. The molecule has 2 saturated carbocycles. The number of rotatable bonds is 6. The predicted octanol–water partition coefficient (Wildman–Crippen LogP) is 4.81. The van der Waals surface area contributed by atoms with Gasteiger partial charge in [0.25, 0.3) is 0 Å². The molecule has 3 aliphatic rings. The lowest BCUT2D eigenvalue weighted by Crippen LogP contribution is -2.47. The Balaban J connectivity index is 1.20. The fraction of sp³-hybridized carbons (Fsp3) is 0.839. The monoisotopic (exact) mass is 527 g/mol. The molecule has 1 amide bonds. The Morgan fingerprint density at radius 3 is 2.11 bits per heavy atom. The second kappa shape index (κ2) is 12.2. The van der Waals surface area contributed by atoms with E-state index in [9.17, 15) is 9.90 Å². The minimum Gasteiger partial charge on any atom is -0.393 e. The van der Waals surface area contributed by atoms with E-state index in [4.69, 9.17) is 9.97 Å². The first-order valence-corrected chi connectivity index (χ1v) is 15.2. The zero-order chi connectivity index (χ0) is 27.5. The SMILES string of the molecule is CC(C)(C)c1cc(N2CCN(CC[C@H]3CC[C@@H](NC(=O)[C@H]4CC[C@H](O)CC4)CC3)CC2)nc(C(C)(C)C)n1. The van der Waals surface area contributed by atoms with Gasteiger partial charge >= 0.3 is 0 Å². The molecule has 1 aromatic rings. The summed E-state index contributed by atoms with van der Waals surface area (Å²) >= 11 is 0. The Morgan fingerprint density at radius 1 is 0.895 bits per heavy atom. The van der Waals surface area contributed by atoms with E-state index in [1.807, 2.05) is 0 Å². The van der Waals surface area contributed by atoms with E-state index in [1.54, 1.807) is 0 Å². The predicted molar refractivity (Wildman–Crippen MR) is 155 cm³/mol. The van der Waals surface area contributed by atoms with Crippen molar-refractivity contribution in [2.24, 2.45) is 11.8 Å². The molecular formula is C31H53N5O2. The molecule has 7 nitrogen and oxygen atoms in total. The van der Waals surface area contributed by atoms with Crippen molar-refractivity contribution < 1.29 is 9.90 Å². The Bertz CT molecular complexity index is 881. The van der Waals surface area contributed by atoms with Crippen LogP contribution in [0.3, 0.4) is 0 Å². The molecule has 0 unspecified atom stereocenters. The summed E-state index contributed by atoms with van der Waals surface area (Å²) in [5.74, 6) is 3.13. The summed E-state index contributed by atoms with van der Waals surface area (Å²) in [6.07, 6.45) is 8.94. The maximum Gasteiger partial charge on any atom is 0.223 e. The van der Waals surface area contributed by atoms with E-state index in [-0.39, 0.29) is 28.8 Å². The van der Waals surface area contributed by atoms with Crippen LogP contribution in [-0.2, 0) is 15.6 Å². The van der Waals surface area contributed by atoms with Gasteiger partial charge in [-0.15, -0.1) is 0 Å². The highest BCUT2D eigenvalue weighted by Gasteiger charge is 2.30. The van der Waals surface area contributed by atoms with Crippen molar-refractivity contribution >= 4 is 11.7 Å². The van der Waals surface area contributed by atoms with Gasteiger partial charge in [-0.1, -0.05) is 41.5 Å². The van der Waals surface area contributed by atoms with Crippen LogP contribution in [0.5, 0.6) is 0 Å². The fourth-order valence-corrected chi connectivity index (χ4v) is 6.13. The number of anilines is 1. The van der Waals surface area contributed by atoms with Crippen molar-refractivity contribution in [2.45, 2.75) is 122 Å². The number of piperazine rings is 1. The number of hydrogen-bond acceptors (Lipinski definition) is 6. The van der Waals surface area contributed by atoms with Gasteiger partial charge in [0.1, 0.15) is 11.6 Å². The lowest BCUT2D eigenvalue weighted by molar-refractivity contribution is -0.127. The second-order valence-corrected chi connectivity index (χ2v) is 14.3. The number of aromatic nitrogens is 2. The number of nitrogens with one attached hydrogen (secondary N) is 1. The first-order valence-electron chi connectivity index (χ1n) is 15.2. The summed E-state index contributed by atoms with van der Waals surface area (Å²) in [5, 5.41) is 13.0. The van der Waals surface area contributed by atoms with Gasteiger partial charge in [-0.25, -0.2) is 9.97 Å². The third-order valence-corrected chi connectivity index (χ3v) is 8.96. The molecule has 0 aromatic carbocycles. The second-order valence-electron chi connectivity index (χ2n) is 14.3. The van der Waals surface area contributed by atoms with Crippen LogP contribution in [0.15, 0.2) is 6.07 Å². The molecule has 1 aliphatic heterocycles. The summed E-state index contributed by atoms with van der Waals surface area (Å²) in [5.41, 5.74) is 1.05. The number of amides is 1.